The summed E-state index contributed by atoms with van der Waals surface area (Å²) < 4.78 is 50.7. The van der Waals surface area contributed by atoms with E-state index < -0.39 is 22.5 Å². The van der Waals surface area contributed by atoms with Gasteiger partial charge in [0.15, 0.2) is 5.82 Å². The summed E-state index contributed by atoms with van der Waals surface area (Å²) in [6.07, 6.45) is -3.22. The molecular formula is C20H22F3N5O2S. The fourth-order valence-electron chi connectivity index (χ4n) is 3.62. The molecular weight excluding hydrogens is 431 g/mol. The van der Waals surface area contributed by atoms with Crippen molar-refractivity contribution in [1.29, 1.82) is 0 Å². The topological polar surface area (TPSA) is 87.2 Å². The van der Waals surface area contributed by atoms with Gasteiger partial charge in [0.1, 0.15) is 11.7 Å². The van der Waals surface area contributed by atoms with Crippen molar-refractivity contribution in [2.45, 2.75) is 55.1 Å². The minimum atomic E-state index is -4.41. The average molecular weight is 453 g/mol. The van der Waals surface area contributed by atoms with E-state index in [-0.39, 0.29) is 23.2 Å². The fraction of sp³-hybridized carbons (Fsp3) is 0.450. The number of anilines is 3. The molecule has 4 rings (SSSR count). The molecule has 2 aromatic rings. The molecule has 1 saturated carbocycles. The lowest BCUT2D eigenvalue weighted by Crippen LogP contribution is -2.45. The van der Waals surface area contributed by atoms with Crippen molar-refractivity contribution in [2.24, 2.45) is 0 Å². The molecule has 2 aliphatic rings. The molecule has 1 fully saturated rings. The molecule has 1 aromatic carbocycles. The van der Waals surface area contributed by atoms with Crippen LogP contribution in [0.1, 0.15) is 31.0 Å². The second-order valence-electron chi connectivity index (χ2n) is 7.86. The number of nitrogens with zero attached hydrogens (tertiary/aromatic N) is 3. The Balaban J connectivity index is 1.40. The minimum Gasteiger partial charge on any atom is -0.351 e. The number of nitrogens with one attached hydrogen (secondary N) is 2. The summed E-state index contributed by atoms with van der Waals surface area (Å²) >= 11 is 0. The van der Waals surface area contributed by atoms with Crippen molar-refractivity contribution in [3.63, 3.8) is 0 Å². The quantitative estimate of drug-likeness (QED) is 0.739. The highest BCUT2D eigenvalue weighted by molar-refractivity contribution is 7.85. The number of aromatic nitrogens is 2. The highest BCUT2D eigenvalue weighted by Crippen LogP contribution is 2.35. The summed E-state index contributed by atoms with van der Waals surface area (Å²) in [5, 5.41) is 5.92. The van der Waals surface area contributed by atoms with E-state index in [4.69, 9.17) is 0 Å². The van der Waals surface area contributed by atoms with Crippen LogP contribution in [-0.4, -0.2) is 44.5 Å². The lowest BCUT2D eigenvalue weighted by Gasteiger charge is -2.36. The molecule has 31 heavy (non-hydrogen) atoms. The zero-order chi connectivity index (χ0) is 22.5. The van der Waals surface area contributed by atoms with Crippen LogP contribution >= 0.6 is 0 Å². The Hall–Kier alpha value is -2.69. The first-order chi connectivity index (χ1) is 14.5. The lowest BCUT2D eigenvalue weighted by molar-refractivity contribution is -0.137. The highest BCUT2D eigenvalue weighted by Gasteiger charge is 2.36. The number of rotatable bonds is 4. The minimum absolute atomic E-state index is 0.0155. The van der Waals surface area contributed by atoms with Crippen LogP contribution in [0.15, 0.2) is 29.2 Å². The van der Waals surface area contributed by atoms with Gasteiger partial charge in [-0.3, -0.25) is 9.00 Å². The van der Waals surface area contributed by atoms with Gasteiger partial charge < -0.3 is 15.5 Å². The molecule has 1 aliphatic heterocycles. The summed E-state index contributed by atoms with van der Waals surface area (Å²) in [5.41, 5.74) is 0.478. The normalized spacial score (nSPS) is 24.1. The number of aryl methyl sites for hydroxylation is 1. The van der Waals surface area contributed by atoms with Crippen molar-refractivity contribution in [2.75, 3.05) is 22.6 Å². The molecule has 2 heterocycles. The first-order valence-electron chi connectivity index (χ1n) is 9.81. The predicted molar refractivity (Wildman–Crippen MR) is 112 cm³/mol. The number of benzene rings is 1. The van der Waals surface area contributed by atoms with Gasteiger partial charge in [0.05, 0.1) is 22.1 Å². The molecule has 0 unspecified atom stereocenters. The van der Waals surface area contributed by atoms with E-state index in [2.05, 4.69) is 20.6 Å². The second kappa shape index (κ2) is 7.77. The van der Waals surface area contributed by atoms with Crippen molar-refractivity contribution < 1.29 is 22.2 Å². The SMILES string of the molecule is Cc1nc(NC2CC([S@](=O)c3ccc(C(F)(F)F)cc3)C2)nc2c1NC(=O)[C@H](C)N2C. The molecule has 0 saturated heterocycles. The summed E-state index contributed by atoms with van der Waals surface area (Å²) in [6, 6.07) is 4.14. The maximum Gasteiger partial charge on any atom is 0.416 e. The van der Waals surface area contributed by atoms with Gasteiger partial charge in [-0.05, 0) is 51.0 Å². The summed E-state index contributed by atoms with van der Waals surface area (Å²) in [6.45, 7) is 3.58. The van der Waals surface area contributed by atoms with E-state index in [1.165, 1.54) is 12.1 Å². The standard InChI is InChI=1S/C20H22F3N5O2S/c1-10-16-17(28(3)11(2)18(29)26-16)27-19(24-10)25-13-8-15(9-13)31(30)14-6-4-12(5-7-14)20(21,22)23/h4-7,11,13,15H,8-9H2,1-3H3,(H,26,29)(H,24,25,27)/t11-,13?,15?,31+/m0/s1. The number of amides is 1. The zero-order valence-corrected chi connectivity index (χ0v) is 18.0. The smallest absolute Gasteiger partial charge is 0.351 e. The Morgan fingerprint density at radius 3 is 2.45 bits per heavy atom. The first kappa shape index (κ1) is 21.5. The molecule has 0 bridgehead atoms. The number of fused-ring (bicyclic) bond motifs is 1. The molecule has 1 amide bonds. The fourth-order valence-corrected chi connectivity index (χ4v) is 5.23. The molecule has 1 aromatic heterocycles. The Bertz CT molecular complexity index is 1040. The summed E-state index contributed by atoms with van der Waals surface area (Å²) in [7, 11) is 0.417. The molecule has 2 atom stereocenters. The number of likely N-dealkylation sites (N-methyl/N-ethyl adjacent to an activating group) is 1. The highest BCUT2D eigenvalue weighted by atomic mass is 32.2. The van der Waals surface area contributed by atoms with Crippen LogP contribution < -0.4 is 15.5 Å². The summed E-state index contributed by atoms with van der Waals surface area (Å²) in [4.78, 5) is 23.1. The van der Waals surface area contributed by atoms with Crippen LogP contribution in [0.4, 0.5) is 30.6 Å². The van der Waals surface area contributed by atoms with E-state index in [1.807, 2.05) is 0 Å². The Morgan fingerprint density at radius 2 is 1.84 bits per heavy atom. The van der Waals surface area contributed by atoms with Crippen molar-refractivity contribution in [3.05, 3.63) is 35.5 Å². The Morgan fingerprint density at radius 1 is 1.19 bits per heavy atom. The number of carbonyl (C=O) groups excluding carboxylic acids is 1. The number of hydrogen-bond acceptors (Lipinski definition) is 6. The van der Waals surface area contributed by atoms with E-state index in [0.717, 1.165) is 12.1 Å². The largest absolute Gasteiger partial charge is 0.416 e. The third-order valence-electron chi connectivity index (χ3n) is 5.76. The van der Waals surface area contributed by atoms with Gasteiger partial charge in [-0.1, -0.05) is 0 Å². The van der Waals surface area contributed by atoms with Crippen LogP contribution in [0.3, 0.4) is 0 Å². The third kappa shape index (κ3) is 4.10. The van der Waals surface area contributed by atoms with Crippen LogP contribution in [0.2, 0.25) is 0 Å². The maximum absolute atomic E-state index is 12.7. The second-order valence-corrected chi connectivity index (χ2v) is 9.59. The number of alkyl halides is 3. The van der Waals surface area contributed by atoms with Crippen molar-refractivity contribution in [3.8, 4) is 0 Å². The predicted octanol–water partition coefficient (Wildman–Crippen LogP) is 3.33. The van der Waals surface area contributed by atoms with E-state index >= 15 is 0 Å². The molecule has 0 spiro atoms. The Labute approximate surface area is 179 Å². The van der Waals surface area contributed by atoms with Crippen LogP contribution in [0.25, 0.3) is 0 Å². The van der Waals surface area contributed by atoms with Gasteiger partial charge in [0, 0.05) is 23.2 Å². The van der Waals surface area contributed by atoms with Crippen LogP contribution in [-0.2, 0) is 21.8 Å². The lowest BCUT2D eigenvalue weighted by atomic mass is 9.92. The van der Waals surface area contributed by atoms with Gasteiger partial charge in [-0.25, -0.2) is 4.98 Å². The van der Waals surface area contributed by atoms with Crippen molar-refractivity contribution >= 4 is 34.2 Å². The molecule has 0 radical (unpaired) electrons. The van der Waals surface area contributed by atoms with E-state index in [9.17, 15) is 22.2 Å². The summed E-state index contributed by atoms with van der Waals surface area (Å²) in [5.74, 6) is 0.941. The van der Waals surface area contributed by atoms with Crippen molar-refractivity contribution in [1.82, 2.24) is 9.97 Å². The third-order valence-corrected chi connectivity index (χ3v) is 7.49. The number of hydrogen-bond donors (Lipinski definition) is 2. The van der Waals surface area contributed by atoms with E-state index in [1.54, 1.807) is 25.8 Å². The molecule has 11 heteroatoms. The van der Waals surface area contributed by atoms with Crippen LogP contribution in [0, 0.1) is 6.92 Å². The molecule has 1 aliphatic carbocycles. The van der Waals surface area contributed by atoms with E-state index in [0.29, 0.717) is 40.9 Å². The molecule has 2 N–H and O–H groups in total. The Kier molecular flexibility index (Phi) is 5.40. The first-order valence-corrected chi connectivity index (χ1v) is 11.0. The van der Waals surface area contributed by atoms with Gasteiger partial charge in [0.25, 0.3) is 0 Å². The van der Waals surface area contributed by atoms with Gasteiger partial charge >= 0.3 is 6.18 Å². The number of halogens is 3. The molecule has 166 valence electrons. The number of carbonyl (C=O) groups is 1. The average Bonchev–Trinajstić information content (AvgIpc) is 2.68. The monoisotopic (exact) mass is 453 g/mol. The maximum atomic E-state index is 12.7. The van der Waals surface area contributed by atoms with Gasteiger partial charge in [0.2, 0.25) is 11.9 Å². The van der Waals surface area contributed by atoms with Gasteiger partial charge in [-0.2, -0.15) is 18.2 Å². The van der Waals surface area contributed by atoms with Crippen LogP contribution in [0.5, 0.6) is 0 Å². The zero-order valence-electron chi connectivity index (χ0n) is 17.2. The molecule has 7 nitrogen and oxygen atoms in total. The van der Waals surface area contributed by atoms with Gasteiger partial charge in [-0.15, -0.1) is 0 Å².